The lowest BCUT2D eigenvalue weighted by molar-refractivity contribution is -0.301. The summed E-state index contributed by atoms with van der Waals surface area (Å²) >= 11 is 0. The van der Waals surface area contributed by atoms with Crippen LogP contribution in [0.5, 0.6) is 0 Å². The van der Waals surface area contributed by atoms with E-state index in [0.717, 1.165) is 57.8 Å². The number of rotatable bonds is 50. The Hall–Kier alpha value is -2.28. The van der Waals surface area contributed by atoms with Crippen molar-refractivity contribution in [1.29, 1.82) is 0 Å². The molecule has 0 radical (unpaired) electrons. The van der Waals surface area contributed by atoms with Gasteiger partial charge in [-0.25, -0.2) is 4.79 Å². The molecule has 6 atom stereocenters. The molecular weight excluding hydrogens is 877 g/mol. The first kappa shape index (κ1) is 64.7. The van der Waals surface area contributed by atoms with Crippen LogP contribution >= 0.6 is 0 Å². The van der Waals surface area contributed by atoms with Gasteiger partial charge in [-0.1, -0.05) is 252 Å². The maximum Gasteiger partial charge on any atom is 0.335 e. The zero-order valence-corrected chi connectivity index (χ0v) is 44.6. The Kier molecular flexibility index (Phi) is 43.9. The fraction of sp³-hybridized carbons (Fsp3) is 0.930. The van der Waals surface area contributed by atoms with Crippen LogP contribution in [0.25, 0.3) is 0 Å². The minimum Gasteiger partial charge on any atom is -0.479 e. The van der Waals surface area contributed by atoms with Crippen LogP contribution in [-0.4, -0.2) is 89.2 Å². The number of aliphatic hydroxyl groups excluding tert-OH is 2. The van der Waals surface area contributed by atoms with E-state index < -0.39 is 67.3 Å². The Balaban J connectivity index is 2.65. The lowest BCUT2D eigenvalue weighted by Gasteiger charge is -2.40. The molecule has 3 N–H and O–H groups in total. The van der Waals surface area contributed by atoms with Crippen molar-refractivity contribution in [3.05, 3.63) is 0 Å². The maximum atomic E-state index is 13.1. The van der Waals surface area contributed by atoms with Crippen LogP contribution in [0.2, 0.25) is 0 Å². The molecular formula is C57H106O12. The molecule has 6 unspecified atom stereocenters. The van der Waals surface area contributed by atoms with Gasteiger partial charge in [0, 0.05) is 19.3 Å². The van der Waals surface area contributed by atoms with Crippen molar-refractivity contribution in [1.82, 2.24) is 0 Å². The summed E-state index contributed by atoms with van der Waals surface area (Å²) < 4.78 is 28.4. The number of hydrogen-bond acceptors (Lipinski definition) is 11. The van der Waals surface area contributed by atoms with E-state index in [2.05, 4.69) is 20.8 Å². The number of aliphatic carboxylic acids is 1. The van der Waals surface area contributed by atoms with Crippen LogP contribution in [0.4, 0.5) is 0 Å². The summed E-state index contributed by atoms with van der Waals surface area (Å²) in [5, 5.41) is 31.4. The van der Waals surface area contributed by atoms with Gasteiger partial charge in [-0.2, -0.15) is 0 Å². The molecule has 0 amide bonds. The fourth-order valence-electron chi connectivity index (χ4n) is 9.19. The first-order valence-electron chi connectivity index (χ1n) is 29.0. The smallest absolute Gasteiger partial charge is 0.335 e. The van der Waals surface area contributed by atoms with E-state index in [4.69, 9.17) is 23.7 Å². The van der Waals surface area contributed by atoms with Gasteiger partial charge in [0.15, 0.2) is 24.6 Å². The number of carboxylic acids is 1. The van der Waals surface area contributed by atoms with Gasteiger partial charge in [0.05, 0.1) is 6.61 Å². The average Bonchev–Trinajstić information content (AvgIpc) is 3.33. The number of carboxylic acid groups (broad SMARTS) is 1. The molecule has 1 rings (SSSR count). The molecule has 1 heterocycles. The molecule has 0 aliphatic carbocycles. The topological polar surface area (TPSA) is 175 Å². The first-order valence-corrected chi connectivity index (χ1v) is 29.0. The highest BCUT2D eigenvalue weighted by molar-refractivity contribution is 5.74. The van der Waals surface area contributed by atoms with Gasteiger partial charge >= 0.3 is 23.9 Å². The molecule has 12 nitrogen and oxygen atoms in total. The highest BCUT2D eigenvalue weighted by Crippen LogP contribution is 2.27. The Bertz CT molecular complexity index is 1210. The Morgan fingerprint density at radius 2 is 0.739 bits per heavy atom. The highest BCUT2D eigenvalue weighted by Gasteiger charge is 2.50. The summed E-state index contributed by atoms with van der Waals surface area (Å²) in [5.41, 5.74) is 0. The van der Waals surface area contributed by atoms with E-state index in [9.17, 15) is 34.5 Å². The quantitative estimate of drug-likeness (QED) is 0.0299. The molecule has 0 aromatic rings. The van der Waals surface area contributed by atoms with Crippen LogP contribution in [0, 0.1) is 0 Å². The third-order valence-electron chi connectivity index (χ3n) is 13.7. The SMILES string of the molecule is CCCCCCCCCCCCCCCCCCCC(=O)OC1C(OCC(COC(=O)CCCCCCCCCCCCC)OC(=O)CCCCCCCCCCCCC)OC(C(=O)O)C(O)C1O. The standard InChI is InChI=1S/C57H106O12/c1-4-7-10-13-16-19-22-23-24-25-26-27-30-33-36-39-42-45-51(60)68-55-53(62)52(61)54(56(63)64)69-57(55)66-47-48(67-50(59)44-41-38-35-32-29-21-18-15-12-9-6-3)46-65-49(58)43-40-37-34-31-28-20-17-14-11-8-5-2/h48,52-55,57,61-62H,4-47H2,1-3H3,(H,63,64). The van der Waals surface area contributed by atoms with Gasteiger partial charge in [0.1, 0.15) is 18.8 Å². The number of carbonyl (C=O) groups excluding carboxylic acids is 3. The number of esters is 3. The van der Waals surface area contributed by atoms with E-state index in [1.165, 1.54) is 173 Å². The van der Waals surface area contributed by atoms with Gasteiger partial charge in [0.25, 0.3) is 0 Å². The van der Waals surface area contributed by atoms with E-state index in [1.807, 2.05) is 0 Å². The zero-order chi connectivity index (χ0) is 50.4. The lowest BCUT2D eigenvalue weighted by Crippen LogP contribution is -2.61. The van der Waals surface area contributed by atoms with E-state index >= 15 is 0 Å². The van der Waals surface area contributed by atoms with Crippen molar-refractivity contribution in [2.45, 2.75) is 327 Å². The van der Waals surface area contributed by atoms with Crippen molar-refractivity contribution < 1.29 is 58.2 Å². The minimum atomic E-state index is -1.89. The summed E-state index contributed by atoms with van der Waals surface area (Å²) in [6.45, 7) is 6.00. The van der Waals surface area contributed by atoms with Gasteiger partial charge in [-0.3, -0.25) is 14.4 Å². The predicted octanol–water partition coefficient (Wildman–Crippen LogP) is 14.3. The number of aliphatic hydroxyl groups is 2. The minimum absolute atomic E-state index is 0.0708. The first-order chi connectivity index (χ1) is 33.6. The molecule has 12 heteroatoms. The Morgan fingerprint density at radius 1 is 0.420 bits per heavy atom. The van der Waals surface area contributed by atoms with Crippen molar-refractivity contribution in [3.8, 4) is 0 Å². The Labute approximate surface area is 421 Å². The summed E-state index contributed by atoms with van der Waals surface area (Å²) in [5.74, 6) is -3.08. The van der Waals surface area contributed by atoms with Crippen LogP contribution in [0.1, 0.15) is 290 Å². The number of carbonyl (C=O) groups is 4. The molecule has 0 spiro atoms. The average molecular weight is 983 g/mol. The van der Waals surface area contributed by atoms with Crippen molar-refractivity contribution in [2.24, 2.45) is 0 Å². The molecule has 1 aliphatic heterocycles. The maximum absolute atomic E-state index is 13.1. The summed E-state index contributed by atoms with van der Waals surface area (Å²) in [6.07, 6.45) is 36.5. The van der Waals surface area contributed by atoms with E-state index in [1.54, 1.807) is 0 Å². The van der Waals surface area contributed by atoms with Crippen molar-refractivity contribution >= 4 is 23.9 Å². The molecule has 1 saturated heterocycles. The second kappa shape index (κ2) is 46.8. The van der Waals surface area contributed by atoms with Gasteiger partial charge in [-0.05, 0) is 19.3 Å². The molecule has 1 aliphatic rings. The van der Waals surface area contributed by atoms with Crippen LogP contribution in [0.15, 0.2) is 0 Å². The largest absolute Gasteiger partial charge is 0.479 e. The third-order valence-corrected chi connectivity index (χ3v) is 13.7. The van der Waals surface area contributed by atoms with Crippen molar-refractivity contribution in [2.75, 3.05) is 13.2 Å². The number of hydrogen-bond donors (Lipinski definition) is 3. The summed E-state index contributed by atoms with van der Waals surface area (Å²) in [7, 11) is 0. The molecule has 0 saturated carbocycles. The van der Waals surface area contributed by atoms with Gasteiger partial charge in [-0.15, -0.1) is 0 Å². The second-order valence-corrected chi connectivity index (χ2v) is 20.3. The summed E-state index contributed by atoms with van der Waals surface area (Å²) in [6, 6.07) is 0. The monoisotopic (exact) mass is 983 g/mol. The zero-order valence-electron chi connectivity index (χ0n) is 44.6. The molecule has 1 fully saturated rings. The van der Waals surface area contributed by atoms with Crippen LogP contribution < -0.4 is 0 Å². The van der Waals surface area contributed by atoms with Crippen LogP contribution in [0.3, 0.4) is 0 Å². The molecule has 406 valence electrons. The second-order valence-electron chi connectivity index (χ2n) is 20.3. The van der Waals surface area contributed by atoms with E-state index in [0.29, 0.717) is 19.3 Å². The molecule has 0 aromatic heterocycles. The summed E-state index contributed by atoms with van der Waals surface area (Å²) in [4.78, 5) is 50.9. The highest BCUT2D eigenvalue weighted by atomic mass is 16.7. The van der Waals surface area contributed by atoms with Gasteiger partial charge in [0.2, 0.25) is 0 Å². The third kappa shape index (κ3) is 37.2. The van der Waals surface area contributed by atoms with Crippen molar-refractivity contribution in [3.63, 3.8) is 0 Å². The Morgan fingerprint density at radius 3 is 1.09 bits per heavy atom. The van der Waals surface area contributed by atoms with E-state index in [-0.39, 0.29) is 25.9 Å². The normalized spacial score (nSPS) is 18.5. The lowest BCUT2D eigenvalue weighted by atomic mass is 9.98. The molecule has 0 bridgehead atoms. The number of unbranched alkanes of at least 4 members (excludes halogenated alkanes) is 36. The fourth-order valence-corrected chi connectivity index (χ4v) is 9.19. The van der Waals surface area contributed by atoms with Crippen LogP contribution in [-0.2, 0) is 42.9 Å². The molecule has 69 heavy (non-hydrogen) atoms. The van der Waals surface area contributed by atoms with Gasteiger partial charge < -0.3 is 39.0 Å². The molecule has 0 aromatic carbocycles. The predicted molar refractivity (Wildman–Crippen MR) is 276 cm³/mol. The number of ether oxygens (including phenoxy) is 5.